The molecule has 9 heteroatoms. The lowest BCUT2D eigenvalue weighted by Gasteiger charge is -2.53. The molecule has 0 N–H and O–H groups in total. The highest BCUT2D eigenvalue weighted by atomic mass is 28.5. The molecule has 9 aromatic rings. The minimum atomic E-state index is -3.83. The fourth-order valence-corrected chi connectivity index (χ4v) is 26.6. The van der Waals surface area contributed by atoms with Crippen molar-refractivity contribution in [3.05, 3.63) is 237 Å². The molecule has 0 atom stereocenters. The van der Waals surface area contributed by atoms with Gasteiger partial charge in [0.05, 0.1) is 0 Å². The molecule has 12 rings (SSSR count). The first-order chi connectivity index (χ1) is 31.2. The second-order valence-electron chi connectivity index (χ2n) is 16.1. The van der Waals surface area contributed by atoms with Crippen molar-refractivity contribution in [2.45, 2.75) is 0 Å². The zero-order valence-corrected chi connectivity index (χ0v) is 37.1. The average Bonchev–Trinajstić information content (AvgIpc) is 3.37. The van der Waals surface area contributed by atoms with Crippen LogP contribution in [0.5, 0.6) is 23.0 Å². The van der Waals surface area contributed by atoms with Gasteiger partial charge in [-0.25, -0.2) is 0 Å². The normalized spacial score (nSPS) is 16.0. The summed E-state index contributed by atoms with van der Waals surface area (Å²) in [6.07, 6.45) is 0. The highest BCUT2D eigenvalue weighted by Crippen LogP contribution is 2.41. The largest absolute Gasteiger partial charge is 0.458 e. The minimum absolute atomic E-state index is 0.0491. The van der Waals surface area contributed by atoms with Gasteiger partial charge >= 0.3 is 25.7 Å². The third-order valence-corrected chi connectivity index (χ3v) is 26.0. The van der Waals surface area contributed by atoms with E-state index in [1.54, 1.807) is 0 Å². The Kier molecular flexibility index (Phi) is 9.15. The van der Waals surface area contributed by atoms with Crippen molar-refractivity contribution in [3.8, 4) is 34.1 Å². The van der Waals surface area contributed by atoms with Crippen LogP contribution in [0.25, 0.3) is 11.1 Å². The molecule has 3 aliphatic heterocycles. The second kappa shape index (κ2) is 15.2. The number of rotatable bonds is 7. The molecule has 9 aromatic carbocycles. The Hall–Kier alpha value is -6.82. The Morgan fingerprint density at radius 3 is 1.14 bits per heavy atom. The lowest BCUT2D eigenvalue weighted by molar-refractivity contribution is 0.268. The zero-order chi connectivity index (χ0) is 41.9. The average molecular weight is 863 g/mol. The molecule has 0 bridgehead atoms. The van der Waals surface area contributed by atoms with Gasteiger partial charge in [-0.1, -0.05) is 206 Å². The van der Waals surface area contributed by atoms with Crippen LogP contribution >= 0.6 is 0 Å². The maximum Gasteiger partial charge on any atom is 0.390 e. The fourth-order valence-electron chi connectivity index (χ4n) is 9.67. The summed E-state index contributed by atoms with van der Waals surface area (Å²) in [5.74, 6) is 3.31. The van der Waals surface area contributed by atoms with Crippen LogP contribution in [0, 0.1) is 0 Å². The van der Waals surface area contributed by atoms with Gasteiger partial charge < -0.3 is 21.8 Å². The van der Waals surface area contributed by atoms with Crippen LogP contribution in [-0.2, 0) is 12.3 Å². The van der Waals surface area contributed by atoms with Gasteiger partial charge in [0.1, 0.15) is 23.0 Å². The predicted molar refractivity (Wildman–Crippen MR) is 260 cm³/mol. The molecule has 300 valence electrons. The van der Waals surface area contributed by atoms with Crippen molar-refractivity contribution in [2.24, 2.45) is 0 Å². The van der Waals surface area contributed by atoms with E-state index in [4.69, 9.17) is 21.8 Å². The van der Waals surface area contributed by atoms with E-state index in [1.165, 1.54) is 0 Å². The summed E-state index contributed by atoms with van der Waals surface area (Å²) in [4.78, 5) is 0. The summed E-state index contributed by atoms with van der Waals surface area (Å²) in [5, 5.41) is 6.05. The molecular formula is C54H39BO5Si3. The fraction of sp³-hybridized carbons (Fsp3) is 0. The van der Waals surface area contributed by atoms with E-state index in [0.29, 0.717) is 0 Å². The van der Waals surface area contributed by atoms with E-state index < -0.39 is 25.7 Å². The van der Waals surface area contributed by atoms with Crippen molar-refractivity contribution in [1.29, 1.82) is 0 Å². The molecule has 1 fully saturated rings. The summed E-state index contributed by atoms with van der Waals surface area (Å²) in [6.45, 7) is -0.0491. The van der Waals surface area contributed by atoms with Gasteiger partial charge in [0.15, 0.2) is 0 Å². The minimum Gasteiger partial charge on any atom is -0.458 e. The Bertz CT molecular complexity index is 2940. The quantitative estimate of drug-likeness (QED) is 0.179. The Morgan fingerprint density at radius 1 is 0.302 bits per heavy atom. The molecule has 0 saturated carbocycles. The molecule has 0 aromatic heterocycles. The monoisotopic (exact) mass is 862 g/mol. The van der Waals surface area contributed by atoms with Crippen LogP contribution in [0.2, 0.25) is 0 Å². The van der Waals surface area contributed by atoms with Crippen LogP contribution in [0.15, 0.2) is 237 Å². The number of hydrogen-bond donors (Lipinski definition) is 0. The molecule has 5 nitrogen and oxygen atoms in total. The zero-order valence-electron chi connectivity index (χ0n) is 34.1. The van der Waals surface area contributed by atoms with Gasteiger partial charge in [0, 0.05) is 11.0 Å². The smallest absolute Gasteiger partial charge is 0.390 e. The Labute approximate surface area is 370 Å². The van der Waals surface area contributed by atoms with Crippen LogP contribution < -0.4 is 57.0 Å². The van der Waals surface area contributed by atoms with Crippen molar-refractivity contribution >= 4 is 79.9 Å². The molecule has 0 spiro atoms. The maximum absolute atomic E-state index is 8.17. The lowest BCUT2D eigenvalue weighted by Crippen LogP contribution is -2.88. The second-order valence-corrected chi connectivity index (χ2v) is 25.7. The summed E-state index contributed by atoms with van der Waals surface area (Å²) in [6, 6.07) is 82.6. The summed E-state index contributed by atoms with van der Waals surface area (Å²) >= 11 is 0. The van der Waals surface area contributed by atoms with Gasteiger partial charge in [0.2, 0.25) is 0 Å². The number of hydrogen-bond acceptors (Lipinski definition) is 5. The molecule has 0 radical (unpaired) electrons. The van der Waals surface area contributed by atoms with Crippen LogP contribution in [-0.4, -0.2) is 32.4 Å². The summed E-state index contributed by atoms with van der Waals surface area (Å²) in [7, 11) is -11.2. The first-order valence-corrected chi connectivity index (χ1v) is 26.8. The summed E-state index contributed by atoms with van der Waals surface area (Å²) < 4.78 is 38.0. The summed E-state index contributed by atoms with van der Waals surface area (Å²) in [5.41, 5.74) is 5.23. The van der Waals surface area contributed by atoms with Gasteiger partial charge in [-0.15, -0.1) is 0 Å². The third kappa shape index (κ3) is 6.08. The van der Waals surface area contributed by atoms with Crippen molar-refractivity contribution in [1.82, 2.24) is 0 Å². The predicted octanol–water partition coefficient (Wildman–Crippen LogP) is 6.21. The molecule has 0 aliphatic carbocycles. The molecule has 0 unspecified atom stereocenters. The Balaban J connectivity index is 1.13. The highest BCUT2D eigenvalue weighted by Gasteiger charge is 2.67. The van der Waals surface area contributed by atoms with Crippen molar-refractivity contribution in [2.75, 3.05) is 0 Å². The molecule has 63 heavy (non-hydrogen) atoms. The SMILES string of the molecule is c1ccc([Si]2(c3ccccc3)O[Si](c3ccccc3)(c3ccccc3)O[Si](c3ccccc3)(c3cccc(-c4ccc5c6c4Oc4ccccc4B6c4ccccc4O5)c3)O2)cc1. The van der Waals surface area contributed by atoms with E-state index in [2.05, 4.69) is 224 Å². The van der Waals surface area contributed by atoms with E-state index in [0.717, 1.165) is 81.6 Å². The lowest BCUT2D eigenvalue weighted by atomic mass is 9.34. The molecule has 3 heterocycles. The standard InChI is InChI=1S/C54H39BO5Si3/c1-6-22-41(23-7-1)61(42-24-8-2-9-25-42)58-62(43-26-10-3-11-27-43,44-28-12-4-13-29-44)60-63(59-61,45-30-14-5-15-31-45)46-32-20-21-40(39-46)47-37-38-52-53-54(47)57-51-36-19-17-34-49(51)55(53)48-33-16-18-35-50(48)56-52/h1-39H. The first kappa shape index (κ1) is 37.9. The number of fused-ring (bicyclic) bond motifs is 4. The topological polar surface area (TPSA) is 46.2 Å². The van der Waals surface area contributed by atoms with Crippen LogP contribution in [0.4, 0.5) is 0 Å². The molecule has 0 amide bonds. The third-order valence-electron chi connectivity index (χ3n) is 12.5. The van der Waals surface area contributed by atoms with Crippen molar-refractivity contribution < 1.29 is 21.8 Å². The van der Waals surface area contributed by atoms with Crippen molar-refractivity contribution in [3.63, 3.8) is 0 Å². The van der Waals surface area contributed by atoms with Gasteiger partial charge in [-0.3, -0.25) is 0 Å². The van der Waals surface area contributed by atoms with Gasteiger partial charge in [-0.05, 0) is 77.9 Å². The van der Waals surface area contributed by atoms with E-state index in [9.17, 15) is 0 Å². The maximum atomic E-state index is 8.17. The van der Waals surface area contributed by atoms with Gasteiger partial charge in [0.25, 0.3) is 6.71 Å². The van der Waals surface area contributed by atoms with E-state index in [1.807, 2.05) is 12.1 Å². The Morgan fingerprint density at radius 2 is 0.683 bits per heavy atom. The van der Waals surface area contributed by atoms with E-state index >= 15 is 0 Å². The van der Waals surface area contributed by atoms with Crippen LogP contribution in [0.1, 0.15) is 0 Å². The molecular weight excluding hydrogens is 824 g/mol. The highest BCUT2D eigenvalue weighted by molar-refractivity contribution is 7.16. The first-order valence-electron chi connectivity index (χ1n) is 21.3. The molecule has 1 saturated heterocycles. The number of benzene rings is 9. The van der Waals surface area contributed by atoms with Gasteiger partial charge in [-0.2, -0.15) is 0 Å². The number of para-hydroxylation sites is 2. The van der Waals surface area contributed by atoms with Crippen LogP contribution in [0.3, 0.4) is 0 Å². The molecule has 3 aliphatic rings. The van der Waals surface area contributed by atoms with E-state index in [-0.39, 0.29) is 6.71 Å². The number of ether oxygens (including phenoxy) is 2.